The van der Waals surface area contributed by atoms with Crippen molar-refractivity contribution in [3.63, 3.8) is 0 Å². The molecule has 27 heavy (non-hydrogen) atoms. The summed E-state index contributed by atoms with van der Waals surface area (Å²) in [5.41, 5.74) is 1.38. The quantitative estimate of drug-likeness (QED) is 0.787. The van der Waals surface area contributed by atoms with Crippen molar-refractivity contribution in [2.24, 2.45) is 0 Å². The number of likely N-dealkylation sites (N-methyl/N-ethyl adjacent to an activating group) is 1. The smallest absolute Gasteiger partial charge is 0.246 e. The van der Waals surface area contributed by atoms with Crippen LogP contribution >= 0.6 is 0 Å². The average molecular weight is 391 g/mol. The fraction of sp³-hybridized carbons (Fsp3) is 0.550. The van der Waals surface area contributed by atoms with Gasteiger partial charge in [-0.3, -0.25) is 4.68 Å². The highest BCUT2D eigenvalue weighted by atomic mass is 32.2. The highest BCUT2D eigenvalue weighted by Crippen LogP contribution is 2.30. The molecule has 0 atom stereocenters. The van der Waals surface area contributed by atoms with Crippen LogP contribution in [0.5, 0.6) is 0 Å². The van der Waals surface area contributed by atoms with Gasteiger partial charge in [0.15, 0.2) is 0 Å². The molecule has 7 heteroatoms. The highest BCUT2D eigenvalue weighted by molar-refractivity contribution is 7.89. The normalized spacial score (nSPS) is 17.3. The maximum Gasteiger partial charge on any atom is 0.246 e. The number of rotatable bonds is 5. The van der Waals surface area contributed by atoms with Crippen molar-refractivity contribution in [1.82, 2.24) is 19.0 Å². The van der Waals surface area contributed by atoms with Crippen LogP contribution in [0.1, 0.15) is 39.0 Å². The molecule has 1 saturated heterocycles. The van der Waals surface area contributed by atoms with Gasteiger partial charge in [0.05, 0.1) is 12.2 Å². The fourth-order valence-electron chi connectivity index (χ4n) is 3.39. The molecule has 1 aromatic heterocycles. The van der Waals surface area contributed by atoms with Crippen LogP contribution in [-0.4, -0.2) is 60.1 Å². The third kappa shape index (κ3) is 4.42. The van der Waals surface area contributed by atoms with Gasteiger partial charge in [-0.1, -0.05) is 58.0 Å². The van der Waals surface area contributed by atoms with E-state index in [1.807, 2.05) is 51.1 Å². The standard InChI is InChI=1S/C20H30N4O2S/c1-5-22-11-13-24(14-12-22)27(25,26)18-16-23(21-19(18)20(2,3)4)15-17-9-7-6-8-10-17/h6-10,16H,5,11-15H2,1-4H3. The first kappa shape index (κ1) is 20.0. The van der Waals surface area contributed by atoms with Crippen LogP contribution in [0, 0.1) is 0 Å². The van der Waals surface area contributed by atoms with Crippen molar-refractivity contribution >= 4 is 10.0 Å². The van der Waals surface area contributed by atoms with Crippen LogP contribution in [0.3, 0.4) is 0 Å². The van der Waals surface area contributed by atoms with Crippen molar-refractivity contribution in [3.05, 3.63) is 47.8 Å². The van der Waals surface area contributed by atoms with Gasteiger partial charge >= 0.3 is 0 Å². The van der Waals surface area contributed by atoms with Crippen molar-refractivity contribution < 1.29 is 8.42 Å². The third-order valence-corrected chi connectivity index (χ3v) is 6.92. The molecule has 0 N–H and O–H groups in total. The fourth-order valence-corrected chi connectivity index (χ4v) is 5.16. The Hall–Kier alpha value is -1.70. The van der Waals surface area contributed by atoms with Gasteiger partial charge in [-0.25, -0.2) is 8.42 Å². The largest absolute Gasteiger partial charge is 0.301 e. The van der Waals surface area contributed by atoms with Gasteiger partial charge in [0.2, 0.25) is 10.0 Å². The zero-order chi connectivity index (χ0) is 19.7. The predicted molar refractivity (Wildman–Crippen MR) is 107 cm³/mol. The maximum atomic E-state index is 13.4. The molecule has 1 aromatic carbocycles. The van der Waals surface area contributed by atoms with E-state index in [9.17, 15) is 8.42 Å². The summed E-state index contributed by atoms with van der Waals surface area (Å²) in [5, 5.41) is 4.67. The van der Waals surface area contributed by atoms with Crippen LogP contribution in [-0.2, 0) is 22.0 Å². The van der Waals surface area contributed by atoms with Gasteiger partial charge in [0.25, 0.3) is 0 Å². The SMILES string of the molecule is CCN1CCN(S(=O)(=O)c2cn(Cc3ccccc3)nc2C(C)(C)C)CC1. The number of benzene rings is 1. The number of piperazine rings is 1. The zero-order valence-corrected chi connectivity index (χ0v) is 17.5. The Kier molecular flexibility index (Phi) is 5.74. The first-order chi connectivity index (χ1) is 12.7. The lowest BCUT2D eigenvalue weighted by Crippen LogP contribution is -2.48. The van der Waals surface area contributed by atoms with E-state index in [0.29, 0.717) is 30.2 Å². The predicted octanol–water partition coefficient (Wildman–Crippen LogP) is 2.56. The van der Waals surface area contributed by atoms with Crippen LogP contribution in [0.25, 0.3) is 0 Å². The Morgan fingerprint density at radius 1 is 1.04 bits per heavy atom. The molecule has 3 rings (SSSR count). The third-order valence-electron chi connectivity index (χ3n) is 5.02. The second-order valence-electron chi connectivity index (χ2n) is 8.11. The van der Waals surface area contributed by atoms with Gasteiger partial charge in [-0.2, -0.15) is 9.40 Å². The molecule has 6 nitrogen and oxygen atoms in total. The number of hydrogen-bond acceptors (Lipinski definition) is 4. The van der Waals surface area contributed by atoms with Crippen LogP contribution in [0.15, 0.2) is 41.4 Å². The van der Waals surface area contributed by atoms with Gasteiger partial charge in [0, 0.05) is 37.8 Å². The van der Waals surface area contributed by atoms with E-state index in [0.717, 1.165) is 25.2 Å². The van der Waals surface area contributed by atoms with Gasteiger partial charge in [-0.15, -0.1) is 0 Å². The van der Waals surface area contributed by atoms with Gasteiger partial charge < -0.3 is 4.90 Å². The number of nitrogens with zero attached hydrogens (tertiary/aromatic N) is 4. The minimum atomic E-state index is -3.56. The van der Waals surface area contributed by atoms with Gasteiger partial charge in [0.1, 0.15) is 4.90 Å². The summed E-state index contributed by atoms with van der Waals surface area (Å²) >= 11 is 0. The lowest BCUT2D eigenvalue weighted by Gasteiger charge is -2.33. The van der Waals surface area contributed by atoms with Crippen LogP contribution < -0.4 is 0 Å². The number of sulfonamides is 1. The molecule has 0 spiro atoms. The number of aromatic nitrogens is 2. The minimum Gasteiger partial charge on any atom is -0.301 e. The van der Waals surface area contributed by atoms with Crippen molar-refractivity contribution in [2.75, 3.05) is 32.7 Å². The van der Waals surface area contributed by atoms with E-state index in [1.54, 1.807) is 15.2 Å². The molecule has 2 aromatic rings. The summed E-state index contributed by atoms with van der Waals surface area (Å²) in [4.78, 5) is 2.62. The summed E-state index contributed by atoms with van der Waals surface area (Å²) in [6.07, 6.45) is 1.70. The Morgan fingerprint density at radius 2 is 1.67 bits per heavy atom. The topological polar surface area (TPSA) is 58.4 Å². The van der Waals surface area contributed by atoms with Crippen molar-refractivity contribution in [3.8, 4) is 0 Å². The summed E-state index contributed by atoms with van der Waals surface area (Å²) in [7, 11) is -3.56. The van der Waals surface area contributed by atoms with E-state index < -0.39 is 10.0 Å². The first-order valence-corrected chi connectivity index (χ1v) is 11.0. The van der Waals surface area contributed by atoms with E-state index in [-0.39, 0.29) is 5.41 Å². The summed E-state index contributed by atoms with van der Waals surface area (Å²) in [5.74, 6) is 0. The van der Waals surface area contributed by atoms with E-state index in [4.69, 9.17) is 0 Å². The zero-order valence-electron chi connectivity index (χ0n) is 16.7. The van der Waals surface area contributed by atoms with Crippen molar-refractivity contribution in [1.29, 1.82) is 0 Å². The second-order valence-corrected chi connectivity index (χ2v) is 10.0. The molecule has 0 saturated carbocycles. The molecule has 0 aliphatic carbocycles. The van der Waals surface area contributed by atoms with E-state index >= 15 is 0 Å². The highest BCUT2D eigenvalue weighted by Gasteiger charge is 2.35. The molecule has 2 heterocycles. The van der Waals surface area contributed by atoms with Gasteiger partial charge in [-0.05, 0) is 12.1 Å². The number of hydrogen-bond donors (Lipinski definition) is 0. The summed E-state index contributed by atoms with van der Waals surface area (Å²) < 4.78 is 30.1. The first-order valence-electron chi connectivity index (χ1n) is 9.56. The van der Waals surface area contributed by atoms with Crippen LogP contribution in [0.4, 0.5) is 0 Å². The Morgan fingerprint density at radius 3 is 2.22 bits per heavy atom. The molecule has 0 bridgehead atoms. The minimum absolute atomic E-state index is 0.343. The molecule has 0 radical (unpaired) electrons. The molecule has 0 unspecified atom stereocenters. The second kappa shape index (κ2) is 7.73. The Bertz CT molecular complexity index is 861. The molecule has 148 valence electrons. The lowest BCUT2D eigenvalue weighted by molar-refractivity contribution is 0.196. The van der Waals surface area contributed by atoms with Crippen LogP contribution in [0.2, 0.25) is 0 Å². The average Bonchev–Trinajstić information content (AvgIpc) is 3.08. The molecular formula is C20H30N4O2S. The molecule has 0 amide bonds. The van der Waals surface area contributed by atoms with E-state index in [2.05, 4.69) is 16.9 Å². The Labute approximate surface area is 162 Å². The Balaban J connectivity index is 1.93. The van der Waals surface area contributed by atoms with E-state index in [1.165, 1.54) is 0 Å². The molecule has 1 fully saturated rings. The lowest BCUT2D eigenvalue weighted by atomic mass is 9.92. The summed E-state index contributed by atoms with van der Waals surface area (Å²) in [6.45, 7) is 12.3. The summed E-state index contributed by atoms with van der Waals surface area (Å²) in [6, 6.07) is 9.98. The monoisotopic (exact) mass is 390 g/mol. The molecular weight excluding hydrogens is 360 g/mol. The molecule has 1 aliphatic rings. The maximum absolute atomic E-state index is 13.4. The molecule has 1 aliphatic heterocycles. The van der Waals surface area contributed by atoms with Crippen molar-refractivity contribution in [2.45, 2.75) is 44.6 Å².